The van der Waals surface area contributed by atoms with E-state index in [4.69, 9.17) is 14.2 Å². The molecule has 0 saturated carbocycles. The summed E-state index contributed by atoms with van der Waals surface area (Å²) in [4.78, 5) is 50.3. The molecule has 0 aromatic heterocycles. The quantitative estimate of drug-likeness (QED) is 0.358. The molecule has 7 nitrogen and oxygen atoms in total. The Kier molecular flexibility index (Phi) is 5.43. The average molecular weight is 416 g/mol. The van der Waals surface area contributed by atoms with Gasteiger partial charge in [-0.15, -0.1) is 0 Å². The number of rotatable bonds is 7. The zero-order valence-corrected chi connectivity index (χ0v) is 17.5. The highest BCUT2D eigenvalue weighted by atomic mass is 16.7. The van der Waals surface area contributed by atoms with E-state index in [1.54, 1.807) is 13.0 Å². The zero-order valence-electron chi connectivity index (χ0n) is 17.5. The molecule has 0 radical (unpaired) electrons. The highest BCUT2D eigenvalue weighted by molar-refractivity contribution is 6.10. The second-order valence-corrected chi connectivity index (χ2v) is 8.89. The molecule has 30 heavy (non-hydrogen) atoms. The molecule has 0 N–H and O–H groups in total. The number of carbonyl (C=O) groups excluding carboxylic acids is 4. The molecule has 3 aliphatic heterocycles. The van der Waals surface area contributed by atoms with Gasteiger partial charge in [-0.25, -0.2) is 4.79 Å². The van der Waals surface area contributed by atoms with Crippen LogP contribution in [0.2, 0.25) is 0 Å². The standard InChI is InChI=1S/C23H28O7/c1-3-4-5-6-7-8-17(24)19-16-11-14-12-23(10-9-18(25)29-23)28-13-15(14)20(26)22(16,2)30-21(19)27/h9-10,16,19H,3-8,11-13H2,1-2H3. The third-order valence-corrected chi connectivity index (χ3v) is 6.84. The Balaban J connectivity index is 1.51. The van der Waals surface area contributed by atoms with E-state index < -0.39 is 35.2 Å². The van der Waals surface area contributed by atoms with Crippen LogP contribution in [-0.4, -0.2) is 41.5 Å². The van der Waals surface area contributed by atoms with Gasteiger partial charge in [-0.1, -0.05) is 38.2 Å². The van der Waals surface area contributed by atoms with Crippen molar-refractivity contribution in [1.82, 2.24) is 0 Å². The van der Waals surface area contributed by atoms with Gasteiger partial charge in [0.05, 0.1) is 6.61 Å². The molecule has 0 aromatic carbocycles. The van der Waals surface area contributed by atoms with Crippen molar-refractivity contribution >= 4 is 23.5 Å². The van der Waals surface area contributed by atoms with Crippen molar-refractivity contribution in [3.63, 3.8) is 0 Å². The molecule has 0 amide bonds. The number of Topliss-reactive ketones (excluding diaryl/α,β-unsaturated/α-hetero) is 2. The van der Waals surface area contributed by atoms with E-state index in [1.807, 2.05) is 0 Å². The van der Waals surface area contributed by atoms with E-state index in [0.717, 1.165) is 37.7 Å². The van der Waals surface area contributed by atoms with E-state index >= 15 is 0 Å². The minimum Gasteiger partial charge on any atom is -0.450 e. The lowest BCUT2D eigenvalue weighted by atomic mass is 9.66. The fourth-order valence-electron chi connectivity index (χ4n) is 5.12. The van der Waals surface area contributed by atoms with E-state index in [0.29, 0.717) is 18.4 Å². The molecular formula is C23H28O7. The maximum atomic E-state index is 13.2. The summed E-state index contributed by atoms with van der Waals surface area (Å²) in [6.07, 6.45) is 8.83. The molecule has 1 aliphatic carbocycles. The maximum absolute atomic E-state index is 13.2. The first-order valence-electron chi connectivity index (χ1n) is 10.9. The lowest BCUT2D eigenvalue weighted by Gasteiger charge is -2.41. The molecule has 4 aliphatic rings. The van der Waals surface area contributed by atoms with Crippen molar-refractivity contribution in [1.29, 1.82) is 0 Å². The van der Waals surface area contributed by atoms with Gasteiger partial charge in [0.1, 0.15) is 11.7 Å². The van der Waals surface area contributed by atoms with Crippen molar-refractivity contribution in [3.05, 3.63) is 23.3 Å². The van der Waals surface area contributed by atoms with Crippen LogP contribution in [0.15, 0.2) is 23.3 Å². The molecule has 4 unspecified atom stereocenters. The monoisotopic (exact) mass is 416 g/mol. The lowest BCUT2D eigenvalue weighted by Crippen LogP contribution is -2.51. The number of ketones is 2. The van der Waals surface area contributed by atoms with Gasteiger partial charge in [0.15, 0.2) is 5.60 Å². The van der Waals surface area contributed by atoms with Crippen LogP contribution in [0.25, 0.3) is 0 Å². The number of hydrogen-bond acceptors (Lipinski definition) is 7. The Bertz CT molecular complexity index is 854. The van der Waals surface area contributed by atoms with Crippen LogP contribution in [0.1, 0.15) is 65.2 Å². The largest absolute Gasteiger partial charge is 0.450 e. The molecular weight excluding hydrogens is 388 g/mol. The molecule has 1 fully saturated rings. The number of unbranched alkanes of at least 4 members (excludes halogenated alkanes) is 4. The molecule has 0 bridgehead atoms. The predicted octanol–water partition coefficient (Wildman–Crippen LogP) is 2.96. The van der Waals surface area contributed by atoms with E-state index in [-0.39, 0.29) is 24.6 Å². The summed E-state index contributed by atoms with van der Waals surface area (Å²) in [6, 6.07) is 0. The number of carbonyl (C=O) groups is 4. The lowest BCUT2D eigenvalue weighted by molar-refractivity contribution is -0.199. The summed E-state index contributed by atoms with van der Waals surface area (Å²) in [5.74, 6) is -4.17. The third kappa shape index (κ3) is 3.43. The van der Waals surface area contributed by atoms with Gasteiger partial charge in [0.25, 0.3) is 0 Å². The van der Waals surface area contributed by atoms with Crippen LogP contribution < -0.4 is 0 Å². The summed E-state index contributed by atoms with van der Waals surface area (Å²) in [5, 5.41) is 0. The highest BCUT2D eigenvalue weighted by Gasteiger charge is 2.63. The number of esters is 2. The van der Waals surface area contributed by atoms with E-state index in [1.165, 1.54) is 6.08 Å². The summed E-state index contributed by atoms with van der Waals surface area (Å²) in [6.45, 7) is 3.73. The van der Waals surface area contributed by atoms with Gasteiger partial charge in [-0.3, -0.25) is 14.4 Å². The van der Waals surface area contributed by atoms with Crippen LogP contribution in [0, 0.1) is 11.8 Å². The Morgan fingerprint density at radius 3 is 2.60 bits per heavy atom. The summed E-state index contributed by atoms with van der Waals surface area (Å²) < 4.78 is 16.5. The third-order valence-electron chi connectivity index (χ3n) is 6.84. The van der Waals surface area contributed by atoms with Crippen molar-refractivity contribution < 1.29 is 33.4 Å². The fraction of sp³-hybridized carbons (Fsp3) is 0.652. The Morgan fingerprint density at radius 1 is 1.13 bits per heavy atom. The average Bonchev–Trinajstić information content (AvgIpc) is 3.18. The van der Waals surface area contributed by atoms with E-state index in [2.05, 4.69) is 6.92 Å². The van der Waals surface area contributed by atoms with Crippen LogP contribution in [0.5, 0.6) is 0 Å². The maximum Gasteiger partial charge on any atom is 0.333 e. The minimum absolute atomic E-state index is 0.0122. The van der Waals surface area contributed by atoms with E-state index in [9.17, 15) is 19.2 Å². The molecule has 1 spiro atoms. The van der Waals surface area contributed by atoms with Crippen molar-refractivity contribution in [2.45, 2.75) is 76.6 Å². The SMILES string of the molecule is CCCCCCCC(=O)C1C(=O)OC2(C)C(=O)C3=C(CC12)CC1(C=CC(=O)O1)OC3. The number of ether oxygens (including phenoxy) is 3. The topological polar surface area (TPSA) is 96.0 Å². The van der Waals surface area contributed by atoms with Gasteiger partial charge in [-0.2, -0.15) is 0 Å². The summed E-state index contributed by atoms with van der Waals surface area (Å²) >= 11 is 0. The van der Waals surface area contributed by atoms with Crippen LogP contribution >= 0.6 is 0 Å². The second kappa shape index (κ2) is 7.76. The fourth-order valence-corrected chi connectivity index (χ4v) is 5.12. The molecule has 3 heterocycles. The molecule has 0 aromatic rings. The second-order valence-electron chi connectivity index (χ2n) is 8.89. The number of fused-ring (bicyclic) bond motifs is 1. The first kappa shape index (κ1) is 21.0. The Hall–Kier alpha value is -2.28. The highest BCUT2D eigenvalue weighted by Crippen LogP contribution is 2.51. The summed E-state index contributed by atoms with van der Waals surface area (Å²) in [7, 11) is 0. The smallest absolute Gasteiger partial charge is 0.333 e. The molecule has 4 rings (SSSR count). The summed E-state index contributed by atoms with van der Waals surface area (Å²) in [5.41, 5.74) is -0.0857. The van der Waals surface area contributed by atoms with Crippen molar-refractivity contribution in [2.75, 3.05) is 6.61 Å². The molecule has 1 saturated heterocycles. The predicted molar refractivity (Wildman–Crippen MR) is 105 cm³/mol. The first-order valence-corrected chi connectivity index (χ1v) is 10.9. The number of hydrogen-bond donors (Lipinski definition) is 0. The molecule has 4 atom stereocenters. The zero-order chi connectivity index (χ0) is 21.5. The first-order chi connectivity index (χ1) is 14.3. The van der Waals surface area contributed by atoms with Gasteiger partial charge in [-0.05, 0) is 25.8 Å². The molecule has 162 valence electrons. The normalized spacial score (nSPS) is 34.8. The van der Waals surface area contributed by atoms with Crippen LogP contribution in [0.4, 0.5) is 0 Å². The minimum atomic E-state index is -1.34. The van der Waals surface area contributed by atoms with Gasteiger partial charge >= 0.3 is 11.9 Å². The van der Waals surface area contributed by atoms with Crippen LogP contribution in [-0.2, 0) is 33.4 Å². The molecule has 7 heteroatoms. The Labute approximate surface area is 175 Å². The van der Waals surface area contributed by atoms with Gasteiger partial charge < -0.3 is 14.2 Å². The van der Waals surface area contributed by atoms with Gasteiger partial charge in [0, 0.05) is 30.4 Å². The van der Waals surface area contributed by atoms with Crippen LogP contribution in [0.3, 0.4) is 0 Å². The van der Waals surface area contributed by atoms with Crippen molar-refractivity contribution in [3.8, 4) is 0 Å². The van der Waals surface area contributed by atoms with Crippen molar-refractivity contribution in [2.24, 2.45) is 11.8 Å². The van der Waals surface area contributed by atoms with Gasteiger partial charge in [0.2, 0.25) is 11.6 Å². The Morgan fingerprint density at radius 2 is 1.90 bits per heavy atom.